The molecule has 7 heteroatoms. The van der Waals surface area contributed by atoms with Crippen LogP contribution in [0.5, 0.6) is 0 Å². The Morgan fingerprint density at radius 3 is 2.89 bits per heavy atom. The van der Waals surface area contributed by atoms with E-state index in [1.165, 1.54) is 0 Å². The third-order valence-corrected chi connectivity index (χ3v) is 5.66. The molecule has 5 rings (SSSR count). The molecule has 144 valence electrons. The van der Waals surface area contributed by atoms with Gasteiger partial charge in [0.2, 0.25) is 0 Å². The first-order valence-electron chi connectivity index (χ1n) is 9.87. The number of aromatic nitrogens is 4. The lowest BCUT2D eigenvalue weighted by atomic mass is 10.1. The lowest BCUT2D eigenvalue weighted by molar-refractivity contribution is 0.0699. The Hall–Kier alpha value is -2.80. The third kappa shape index (κ3) is 3.05. The molecule has 1 aromatic carbocycles. The summed E-state index contributed by atoms with van der Waals surface area (Å²) in [6, 6.07) is 10.2. The number of ether oxygens (including phenoxy) is 1. The number of carbonyl (C=O) groups is 1. The van der Waals surface area contributed by atoms with Gasteiger partial charge in [-0.05, 0) is 38.3 Å². The zero-order chi connectivity index (χ0) is 19.1. The number of carbonyl (C=O) groups excluding carboxylic acids is 1. The second-order valence-electron chi connectivity index (χ2n) is 7.71. The normalized spacial score (nSPS) is 19.2. The summed E-state index contributed by atoms with van der Waals surface area (Å²) in [6.07, 6.45) is 4.92. The lowest BCUT2D eigenvalue weighted by Crippen LogP contribution is -2.38. The Bertz CT molecular complexity index is 1020. The van der Waals surface area contributed by atoms with Crippen LogP contribution in [0, 0.1) is 12.8 Å². The minimum atomic E-state index is -0.0219. The summed E-state index contributed by atoms with van der Waals surface area (Å²) in [6.45, 7) is 4.18. The molecule has 1 saturated heterocycles. The van der Waals surface area contributed by atoms with Crippen molar-refractivity contribution in [1.29, 1.82) is 0 Å². The van der Waals surface area contributed by atoms with Gasteiger partial charge in [-0.3, -0.25) is 9.78 Å². The predicted octanol–water partition coefficient (Wildman–Crippen LogP) is 2.77. The quantitative estimate of drug-likeness (QED) is 0.684. The molecular weight excluding hydrogens is 354 g/mol. The molecule has 0 bridgehead atoms. The molecule has 7 nitrogen and oxygen atoms in total. The monoisotopic (exact) mass is 377 g/mol. The van der Waals surface area contributed by atoms with Crippen LogP contribution in [-0.2, 0) is 4.74 Å². The summed E-state index contributed by atoms with van der Waals surface area (Å²) in [5, 5.41) is 9.60. The molecule has 1 atom stereocenters. The van der Waals surface area contributed by atoms with Crippen LogP contribution in [0.1, 0.15) is 35.4 Å². The minimum Gasteiger partial charge on any atom is -0.381 e. The Labute approximate surface area is 163 Å². The number of amides is 1. The van der Waals surface area contributed by atoms with E-state index in [1.807, 2.05) is 42.2 Å². The van der Waals surface area contributed by atoms with E-state index in [4.69, 9.17) is 4.74 Å². The molecule has 0 spiro atoms. The maximum absolute atomic E-state index is 13.3. The SMILES string of the molecule is Cc1c(C(=O)N(C[C@H]2CCOC2)C2CC2)nnn1-c1cccc2cccnc12. The number of para-hydroxylation sites is 1. The van der Waals surface area contributed by atoms with Crippen molar-refractivity contribution in [2.45, 2.75) is 32.2 Å². The number of nitrogens with zero attached hydrogens (tertiary/aromatic N) is 5. The maximum Gasteiger partial charge on any atom is 0.276 e. The number of fused-ring (bicyclic) bond motifs is 1. The average Bonchev–Trinajstić information content (AvgIpc) is 3.29. The van der Waals surface area contributed by atoms with Crippen molar-refractivity contribution in [3.05, 3.63) is 47.9 Å². The summed E-state index contributed by atoms with van der Waals surface area (Å²) >= 11 is 0. The smallest absolute Gasteiger partial charge is 0.276 e. The van der Waals surface area contributed by atoms with Crippen LogP contribution in [0.4, 0.5) is 0 Å². The van der Waals surface area contributed by atoms with Crippen LogP contribution in [-0.4, -0.2) is 56.6 Å². The Balaban J connectivity index is 1.48. The van der Waals surface area contributed by atoms with Crippen LogP contribution < -0.4 is 0 Å². The highest BCUT2D eigenvalue weighted by molar-refractivity contribution is 5.94. The molecule has 28 heavy (non-hydrogen) atoms. The van der Waals surface area contributed by atoms with Crippen LogP contribution in [0.3, 0.4) is 0 Å². The van der Waals surface area contributed by atoms with Gasteiger partial charge >= 0.3 is 0 Å². The predicted molar refractivity (Wildman–Crippen MR) is 104 cm³/mol. The van der Waals surface area contributed by atoms with E-state index in [1.54, 1.807) is 10.9 Å². The molecule has 1 saturated carbocycles. The Morgan fingerprint density at radius 1 is 1.25 bits per heavy atom. The van der Waals surface area contributed by atoms with Crippen molar-refractivity contribution < 1.29 is 9.53 Å². The molecular formula is C21H23N5O2. The van der Waals surface area contributed by atoms with Gasteiger partial charge in [-0.2, -0.15) is 0 Å². The van der Waals surface area contributed by atoms with Crippen LogP contribution in [0.2, 0.25) is 0 Å². The zero-order valence-electron chi connectivity index (χ0n) is 15.9. The molecule has 1 aliphatic carbocycles. The average molecular weight is 377 g/mol. The molecule has 3 aromatic rings. The van der Waals surface area contributed by atoms with Gasteiger partial charge in [0.25, 0.3) is 5.91 Å². The standard InChI is InChI=1S/C21H23N5O2/c1-14-19(21(27)25(17-7-8-17)12-15-9-11-28-13-15)23-24-26(14)18-6-2-4-16-5-3-10-22-20(16)18/h2-6,10,15,17H,7-9,11-13H2,1H3/t15-/m1/s1. The molecule has 2 aliphatic rings. The van der Waals surface area contributed by atoms with Gasteiger partial charge in [0, 0.05) is 36.7 Å². The van der Waals surface area contributed by atoms with E-state index in [2.05, 4.69) is 15.3 Å². The van der Waals surface area contributed by atoms with E-state index in [0.717, 1.165) is 61.3 Å². The largest absolute Gasteiger partial charge is 0.381 e. The van der Waals surface area contributed by atoms with Gasteiger partial charge in [-0.15, -0.1) is 5.10 Å². The Morgan fingerprint density at radius 2 is 2.11 bits per heavy atom. The topological polar surface area (TPSA) is 73.1 Å². The van der Waals surface area contributed by atoms with Gasteiger partial charge in [0.05, 0.1) is 23.5 Å². The summed E-state index contributed by atoms with van der Waals surface area (Å²) in [7, 11) is 0. The maximum atomic E-state index is 13.3. The van der Waals surface area contributed by atoms with Crippen molar-refractivity contribution in [1.82, 2.24) is 24.9 Å². The highest BCUT2D eigenvalue weighted by atomic mass is 16.5. The fourth-order valence-corrected chi connectivity index (χ4v) is 3.94. The van der Waals surface area contributed by atoms with Crippen molar-refractivity contribution in [2.24, 2.45) is 5.92 Å². The lowest BCUT2D eigenvalue weighted by Gasteiger charge is -2.24. The van der Waals surface area contributed by atoms with E-state index in [0.29, 0.717) is 17.7 Å². The molecule has 2 fully saturated rings. The first-order chi connectivity index (χ1) is 13.7. The second kappa shape index (κ2) is 6.98. The number of rotatable bonds is 5. The number of benzene rings is 1. The van der Waals surface area contributed by atoms with Crippen LogP contribution in [0.15, 0.2) is 36.5 Å². The van der Waals surface area contributed by atoms with Crippen molar-refractivity contribution in [3.8, 4) is 5.69 Å². The Kier molecular flexibility index (Phi) is 4.31. The minimum absolute atomic E-state index is 0.0219. The molecule has 1 aliphatic heterocycles. The number of hydrogen-bond acceptors (Lipinski definition) is 5. The van der Waals surface area contributed by atoms with E-state index in [9.17, 15) is 4.79 Å². The first kappa shape index (κ1) is 17.3. The van der Waals surface area contributed by atoms with E-state index < -0.39 is 0 Å². The van der Waals surface area contributed by atoms with Gasteiger partial charge in [-0.25, -0.2) is 4.68 Å². The highest BCUT2D eigenvalue weighted by Gasteiger charge is 2.37. The first-order valence-corrected chi connectivity index (χ1v) is 9.87. The fourth-order valence-electron chi connectivity index (χ4n) is 3.94. The summed E-state index contributed by atoms with van der Waals surface area (Å²) < 4.78 is 7.22. The van der Waals surface area contributed by atoms with Crippen molar-refractivity contribution in [3.63, 3.8) is 0 Å². The number of hydrogen-bond donors (Lipinski definition) is 0. The summed E-state index contributed by atoms with van der Waals surface area (Å²) in [5.41, 5.74) is 2.86. The third-order valence-electron chi connectivity index (χ3n) is 5.66. The van der Waals surface area contributed by atoms with Gasteiger partial charge in [0.15, 0.2) is 5.69 Å². The van der Waals surface area contributed by atoms with E-state index in [-0.39, 0.29) is 5.91 Å². The summed E-state index contributed by atoms with van der Waals surface area (Å²) in [5.74, 6) is 0.397. The van der Waals surface area contributed by atoms with Gasteiger partial charge in [0.1, 0.15) is 0 Å². The zero-order valence-corrected chi connectivity index (χ0v) is 15.9. The van der Waals surface area contributed by atoms with Crippen molar-refractivity contribution >= 4 is 16.8 Å². The fraction of sp³-hybridized carbons (Fsp3) is 0.429. The summed E-state index contributed by atoms with van der Waals surface area (Å²) in [4.78, 5) is 19.8. The molecule has 1 amide bonds. The molecule has 0 radical (unpaired) electrons. The van der Waals surface area contributed by atoms with Crippen LogP contribution in [0.25, 0.3) is 16.6 Å². The molecule has 2 aromatic heterocycles. The number of pyridine rings is 1. The molecule has 0 N–H and O–H groups in total. The van der Waals surface area contributed by atoms with E-state index >= 15 is 0 Å². The van der Waals surface area contributed by atoms with Crippen LogP contribution >= 0.6 is 0 Å². The molecule has 0 unspecified atom stereocenters. The van der Waals surface area contributed by atoms with Gasteiger partial charge in [-0.1, -0.05) is 23.4 Å². The van der Waals surface area contributed by atoms with Gasteiger partial charge < -0.3 is 9.64 Å². The van der Waals surface area contributed by atoms with Crippen molar-refractivity contribution in [2.75, 3.05) is 19.8 Å². The molecule has 3 heterocycles. The highest BCUT2D eigenvalue weighted by Crippen LogP contribution is 2.31. The second-order valence-corrected chi connectivity index (χ2v) is 7.71.